The minimum Gasteiger partial charge on any atom is -0.0877 e. The van der Waals surface area contributed by atoms with Gasteiger partial charge in [0.2, 0.25) is 0 Å². The molecule has 2 fully saturated rings. The Bertz CT molecular complexity index is 927. The summed E-state index contributed by atoms with van der Waals surface area (Å²) in [5.41, 5.74) is 7.47. The summed E-state index contributed by atoms with van der Waals surface area (Å²) in [5.74, 6) is 1.50. The van der Waals surface area contributed by atoms with Crippen LogP contribution in [0.1, 0.15) is 70.7 Å². The third-order valence-corrected chi connectivity index (χ3v) is 12.9. The molecule has 0 heterocycles. The molecule has 208 valence electrons. The molecule has 3 heteroatoms. The van der Waals surface area contributed by atoms with E-state index in [9.17, 15) is 0 Å². The number of benzene rings is 2. The predicted octanol–water partition coefficient (Wildman–Crippen LogP) is 9.57. The van der Waals surface area contributed by atoms with Crippen LogP contribution in [0.2, 0.25) is 0 Å². The molecule has 2 aromatic carbocycles. The Morgan fingerprint density at radius 2 is 0.923 bits per heavy atom. The van der Waals surface area contributed by atoms with Crippen LogP contribution in [0, 0.1) is 90.6 Å². The fourth-order valence-electron chi connectivity index (χ4n) is 5.87. The molecule has 2 aliphatic rings. The van der Waals surface area contributed by atoms with Gasteiger partial charge in [0.05, 0.1) is 0 Å². The van der Waals surface area contributed by atoms with Crippen LogP contribution in [0.25, 0.3) is 0 Å². The van der Waals surface area contributed by atoms with Crippen LogP contribution in [0.4, 0.5) is 0 Å². The number of hydrogen-bond donors (Lipinski definition) is 0. The first-order valence-electron chi connectivity index (χ1n) is 13.9. The van der Waals surface area contributed by atoms with Gasteiger partial charge in [0.25, 0.3) is 0 Å². The molecule has 0 N–H and O–H groups in total. The van der Waals surface area contributed by atoms with Crippen LogP contribution < -0.4 is 10.6 Å². The first-order valence-corrected chi connectivity index (χ1v) is 16.6. The summed E-state index contributed by atoms with van der Waals surface area (Å²) in [5, 5.41) is 3.57. The van der Waals surface area contributed by atoms with Crippen molar-refractivity contribution in [2.24, 2.45) is 0 Å². The van der Waals surface area contributed by atoms with Crippen molar-refractivity contribution in [1.29, 1.82) is 0 Å². The zero-order valence-electron chi connectivity index (χ0n) is 25.9. The van der Waals surface area contributed by atoms with Gasteiger partial charge in [-0.3, -0.25) is 0 Å². The van der Waals surface area contributed by atoms with Crippen LogP contribution in [0.5, 0.6) is 0 Å². The van der Waals surface area contributed by atoms with E-state index in [-0.39, 0.29) is 35.3 Å². The largest absolute Gasteiger partial charge is 2.00 e. The Morgan fingerprint density at radius 3 is 1.26 bits per heavy atom. The molecule has 0 unspecified atom stereocenters. The van der Waals surface area contributed by atoms with Crippen molar-refractivity contribution >= 4 is 26.5 Å². The van der Waals surface area contributed by atoms with Gasteiger partial charge in [-0.1, -0.05) is 115 Å². The number of aryl methyl sites for hydroxylation is 4. The second-order valence-electron chi connectivity index (χ2n) is 12.8. The summed E-state index contributed by atoms with van der Waals surface area (Å²) in [7, 11) is -0.791. The van der Waals surface area contributed by atoms with Gasteiger partial charge in [0.15, 0.2) is 0 Å². The molecule has 0 saturated heterocycles. The maximum Gasteiger partial charge on any atom is 2.00 e. The summed E-state index contributed by atoms with van der Waals surface area (Å²) in [4.78, 5) is 0. The van der Waals surface area contributed by atoms with Crippen LogP contribution in [-0.2, 0) is 17.1 Å². The average Bonchev–Trinajstić information content (AvgIpc) is 3.46. The van der Waals surface area contributed by atoms with E-state index in [0.29, 0.717) is 5.66 Å². The monoisotopic (exact) mass is 598 g/mol. The van der Waals surface area contributed by atoms with Gasteiger partial charge < -0.3 is 0 Å². The van der Waals surface area contributed by atoms with Crippen molar-refractivity contribution in [2.75, 3.05) is 0 Å². The van der Waals surface area contributed by atoms with Crippen molar-refractivity contribution in [3.05, 3.63) is 122 Å². The van der Waals surface area contributed by atoms with E-state index in [2.05, 4.69) is 132 Å². The molecule has 2 saturated carbocycles. The maximum atomic E-state index is 2.55. The zero-order valence-corrected chi connectivity index (χ0v) is 28.8. The van der Waals surface area contributed by atoms with E-state index in [1.165, 1.54) is 38.8 Å². The Kier molecular flexibility index (Phi) is 13.3. The SMILES string of the molecule is Cc1cc(C)cc(P(c2cc(C)cc(C)c2)[C@H](C)[C]2[CH][CH][C](P(C(C)(C)C)C(C)(C)C)[CH]2)c1.[CH]1[CH][CH][CH][CH]1.[Fe+2]. The van der Waals surface area contributed by atoms with Gasteiger partial charge in [-0.25, -0.2) is 0 Å². The number of rotatable bonds is 5. The Morgan fingerprint density at radius 1 is 0.564 bits per heavy atom. The van der Waals surface area contributed by atoms with Crippen molar-refractivity contribution in [3.63, 3.8) is 0 Å². The van der Waals surface area contributed by atoms with E-state index in [1.807, 2.05) is 32.1 Å². The van der Waals surface area contributed by atoms with Crippen LogP contribution in [0.15, 0.2) is 36.4 Å². The van der Waals surface area contributed by atoms with Gasteiger partial charge in [-0.2, -0.15) is 0 Å². The maximum absolute atomic E-state index is 2.55. The number of hydrogen-bond acceptors (Lipinski definition) is 0. The second kappa shape index (κ2) is 14.8. The average molecular weight is 599 g/mol. The molecule has 2 aliphatic carbocycles. The smallest absolute Gasteiger partial charge is 0.0877 e. The molecular weight excluding hydrogens is 550 g/mol. The summed E-state index contributed by atoms with van der Waals surface area (Å²) in [6.45, 7) is 25.9. The molecule has 10 radical (unpaired) electrons. The third kappa shape index (κ3) is 9.95. The first kappa shape index (κ1) is 35.0. The fraction of sp³-hybridized carbons (Fsp3) is 0.389. The van der Waals surface area contributed by atoms with Crippen molar-refractivity contribution < 1.29 is 17.1 Å². The second-order valence-corrected chi connectivity index (χ2v) is 19.2. The van der Waals surface area contributed by atoms with E-state index in [1.54, 1.807) is 5.66 Å². The van der Waals surface area contributed by atoms with Gasteiger partial charge >= 0.3 is 17.1 Å². The normalized spacial score (nSPS) is 17.8. The molecule has 0 nitrogen and oxygen atoms in total. The molecule has 39 heavy (non-hydrogen) atoms. The van der Waals surface area contributed by atoms with Crippen molar-refractivity contribution in [1.82, 2.24) is 0 Å². The van der Waals surface area contributed by atoms with Crippen LogP contribution in [0.3, 0.4) is 0 Å². The van der Waals surface area contributed by atoms with E-state index in [0.717, 1.165) is 0 Å². The van der Waals surface area contributed by atoms with Crippen molar-refractivity contribution in [3.8, 4) is 0 Å². The summed E-state index contributed by atoms with van der Waals surface area (Å²) < 4.78 is 0. The predicted molar refractivity (Wildman–Crippen MR) is 175 cm³/mol. The Labute approximate surface area is 256 Å². The summed E-state index contributed by atoms with van der Waals surface area (Å²) >= 11 is 0. The molecule has 4 rings (SSSR count). The van der Waals surface area contributed by atoms with Crippen LogP contribution in [-0.4, -0.2) is 16.0 Å². The quantitative estimate of drug-likeness (QED) is 0.238. The van der Waals surface area contributed by atoms with E-state index < -0.39 is 7.92 Å². The van der Waals surface area contributed by atoms with Gasteiger partial charge in [-0.15, -0.1) is 0 Å². The van der Waals surface area contributed by atoms with E-state index in [4.69, 9.17) is 0 Å². The minimum absolute atomic E-state index is 0. The van der Waals surface area contributed by atoms with Gasteiger partial charge in [0, 0.05) is 5.66 Å². The molecule has 0 aromatic heterocycles. The van der Waals surface area contributed by atoms with E-state index >= 15 is 0 Å². The molecule has 0 spiro atoms. The molecule has 1 atom stereocenters. The third-order valence-electron chi connectivity index (χ3n) is 6.76. The topological polar surface area (TPSA) is 0 Å². The molecular formula is C36H48FeP2+2. The van der Waals surface area contributed by atoms with Crippen LogP contribution >= 0.6 is 15.8 Å². The van der Waals surface area contributed by atoms with Crippen molar-refractivity contribution in [2.45, 2.75) is 92.1 Å². The molecule has 0 bridgehead atoms. The van der Waals surface area contributed by atoms with Gasteiger partial charge in [0.1, 0.15) is 0 Å². The fourth-order valence-corrected chi connectivity index (χ4v) is 13.0. The Hall–Kier alpha value is -0.181. The Balaban J connectivity index is 0.000000797. The zero-order chi connectivity index (χ0) is 28.3. The summed E-state index contributed by atoms with van der Waals surface area (Å²) in [6.07, 6.45) is 17.4. The standard InChI is InChI=1S/C31H43P2.C5H5.Fe/c1-21-14-22(2)17-28(16-21)32(29-18-23(3)15-24(4)19-29)25(5)26-12-13-27(20-26)33(30(6,7)8)31(9,10)11;1-2-4-5-3-1;/h12-20,25H,1-11H3;1-5H;/q;;+2/t25-;;/m1../s1. The minimum atomic E-state index is -0.508. The molecule has 0 aliphatic heterocycles. The van der Waals surface area contributed by atoms with Gasteiger partial charge in [-0.05, 0) is 119 Å². The first-order chi connectivity index (χ1) is 17.7. The summed E-state index contributed by atoms with van der Waals surface area (Å²) in [6, 6.07) is 14.3. The molecule has 0 amide bonds. The molecule has 2 aromatic rings.